The molecule has 0 unspecified atom stereocenters. The average molecular weight is 407 g/mol. The lowest BCUT2D eigenvalue weighted by Gasteiger charge is -2.22. The zero-order chi connectivity index (χ0) is 21.1. The van der Waals surface area contributed by atoms with Crippen LogP contribution in [-0.4, -0.2) is 70.4 Å². The number of carbonyl (C=O) groups is 1. The van der Waals surface area contributed by atoms with E-state index in [-0.39, 0.29) is 5.91 Å². The summed E-state index contributed by atoms with van der Waals surface area (Å²) in [5.74, 6) is 0.350. The quantitative estimate of drug-likeness (QED) is 0.449. The van der Waals surface area contributed by atoms with Crippen molar-refractivity contribution < 1.29 is 14.3 Å². The third-order valence-corrected chi connectivity index (χ3v) is 5.25. The number of benzene rings is 1. The molecule has 30 heavy (non-hydrogen) atoms. The number of aryl methyl sites for hydroxylation is 1. The van der Waals surface area contributed by atoms with E-state index in [9.17, 15) is 4.79 Å². The highest BCUT2D eigenvalue weighted by Crippen LogP contribution is 2.32. The highest BCUT2D eigenvalue weighted by Gasteiger charge is 2.26. The maximum absolute atomic E-state index is 13.6. The van der Waals surface area contributed by atoms with Crippen molar-refractivity contribution in [1.82, 2.24) is 24.0 Å². The van der Waals surface area contributed by atoms with Gasteiger partial charge in [-0.3, -0.25) is 9.36 Å². The molecule has 0 saturated heterocycles. The van der Waals surface area contributed by atoms with Crippen molar-refractivity contribution in [2.75, 3.05) is 40.5 Å². The second kappa shape index (κ2) is 8.64. The van der Waals surface area contributed by atoms with Gasteiger partial charge in [0.25, 0.3) is 5.91 Å². The SMILES string of the molecule is COCCN(CCOC)C(=O)c1cc2c(c3ccccc3n2C)n1-c1ncccn1. The fraction of sp³-hybridized carbons (Fsp3) is 0.318. The Labute approximate surface area is 174 Å². The summed E-state index contributed by atoms with van der Waals surface area (Å²) < 4.78 is 14.4. The first-order valence-electron chi connectivity index (χ1n) is 9.80. The molecule has 4 aromatic rings. The Hall–Kier alpha value is -3.23. The van der Waals surface area contributed by atoms with Crippen molar-refractivity contribution in [2.24, 2.45) is 7.05 Å². The average Bonchev–Trinajstić information content (AvgIpc) is 3.30. The van der Waals surface area contributed by atoms with Gasteiger partial charge in [-0.15, -0.1) is 0 Å². The standard InChI is InChI=1S/C22H25N5O3/c1-25-17-8-5-4-7-16(17)20-18(25)15-19(27(20)22-23-9-6-10-24-22)21(28)26(11-13-29-2)12-14-30-3/h4-10,15H,11-14H2,1-3H3. The molecule has 0 aliphatic rings. The van der Waals surface area contributed by atoms with Crippen LogP contribution < -0.4 is 0 Å². The van der Waals surface area contributed by atoms with Crippen LogP contribution in [0.4, 0.5) is 0 Å². The molecular weight excluding hydrogens is 382 g/mol. The molecule has 156 valence electrons. The van der Waals surface area contributed by atoms with Gasteiger partial charge in [0.2, 0.25) is 5.95 Å². The van der Waals surface area contributed by atoms with Crippen LogP contribution in [0.15, 0.2) is 48.8 Å². The number of nitrogens with zero attached hydrogens (tertiary/aromatic N) is 5. The molecule has 0 atom stereocenters. The van der Waals surface area contributed by atoms with Gasteiger partial charge in [-0.05, 0) is 18.2 Å². The van der Waals surface area contributed by atoms with Crippen molar-refractivity contribution in [3.63, 3.8) is 0 Å². The van der Waals surface area contributed by atoms with E-state index in [4.69, 9.17) is 9.47 Å². The van der Waals surface area contributed by atoms with Crippen LogP contribution in [0.1, 0.15) is 10.5 Å². The smallest absolute Gasteiger partial charge is 0.271 e. The Kier molecular flexibility index (Phi) is 5.78. The molecule has 0 fully saturated rings. The fourth-order valence-electron chi connectivity index (χ4n) is 3.76. The maximum Gasteiger partial charge on any atom is 0.271 e. The summed E-state index contributed by atoms with van der Waals surface area (Å²) >= 11 is 0. The largest absolute Gasteiger partial charge is 0.383 e. The summed E-state index contributed by atoms with van der Waals surface area (Å²) in [5.41, 5.74) is 3.47. The minimum Gasteiger partial charge on any atom is -0.383 e. The number of para-hydroxylation sites is 1. The first kappa shape index (κ1) is 20.1. The molecule has 8 nitrogen and oxygen atoms in total. The highest BCUT2D eigenvalue weighted by molar-refractivity contribution is 6.10. The van der Waals surface area contributed by atoms with E-state index in [1.54, 1.807) is 37.6 Å². The molecule has 0 N–H and O–H groups in total. The number of rotatable bonds is 8. The Morgan fingerprint density at radius 1 is 1.00 bits per heavy atom. The van der Waals surface area contributed by atoms with Gasteiger partial charge >= 0.3 is 0 Å². The van der Waals surface area contributed by atoms with E-state index in [0.717, 1.165) is 21.9 Å². The number of hydrogen-bond donors (Lipinski definition) is 0. The second-order valence-corrected chi connectivity index (χ2v) is 7.00. The predicted octanol–water partition coefficient (Wildman–Crippen LogP) is 2.65. The van der Waals surface area contributed by atoms with Gasteiger partial charge in [-0.2, -0.15) is 0 Å². The Morgan fingerprint density at radius 3 is 2.33 bits per heavy atom. The molecule has 0 aliphatic carbocycles. The van der Waals surface area contributed by atoms with Crippen molar-refractivity contribution in [2.45, 2.75) is 0 Å². The zero-order valence-electron chi connectivity index (χ0n) is 17.4. The summed E-state index contributed by atoms with van der Waals surface area (Å²) in [4.78, 5) is 24.2. The minimum atomic E-state index is -0.114. The number of ether oxygens (including phenoxy) is 2. The van der Waals surface area contributed by atoms with Gasteiger partial charge in [0.15, 0.2) is 0 Å². The molecule has 0 saturated carbocycles. The third-order valence-electron chi connectivity index (χ3n) is 5.25. The van der Waals surface area contributed by atoms with E-state index < -0.39 is 0 Å². The lowest BCUT2D eigenvalue weighted by molar-refractivity contribution is 0.0620. The first-order valence-corrected chi connectivity index (χ1v) is 9.80. The number of hydrogen-bond acceptors (Lipinski definition) is 5. The molecule has 1 amide bonds. The van der Waals surface area contributed by atoms with Crippen LogP contribution in [0.2, 0.25) is 0 Å². The Morgan fingerprint density at radius 2 is 1.67 bits per heavy atom. The molecule has 0 aliphatic heterocycles. The fourth-order valence-corrected chi connectivity index (χ4v) is 3.76. The van der Waals surface area contributed by atoms with Crippen LogP contribution in [0, 0.1) is 0 Å². The van der Waals surface area contributed by atoms with Crippen LogP contribution in [0.5, 0.6) is 0 Å². The van der Waals surface area contributed by atoms with Gasteiger partial charge in [-0.1, -0.05) is 18.2 Å². The lowest BCUT2D eigenvalue weighted by Crippen LogP contribution is -2.37. The number of carbonyl (C=O) groups excluding carboxylic acids is 1. The topological polar surface area (TPSA) is 74.4 Å². The number of amides is 1. The van der Waals surface area contributed by atoms with Gasteiger partial charge < -0.3 is 18.9 Å². The van der Waals surface area contributed by atoms with E-state index >= 15 is 0 Å². The van der Waals surface area contributed by atoms with Crippen molar-refractivity contribution >= 4 is 27.8 Å². The second-order valence-electron chi connectivity index (χ2n) is 7.00. The summed E-state index contributed by atoms with van der Waals surface area (Å²) in [7, 11) is 5.25. The van der Waals surface area contributed by atoms with Crippen molar-refractivity contribution in [1.29, 1.82) is 0 Å². The molecule has 3 aromatic heterocycles. The normalized spacial score (nSPS) is 11.4. The molecule has 1 aromatic carbocycles. The van der Waals surface area contributed by atoms with Crippen molar-refractivity contribution in [3.05, 3.63) is 54.5 Å². The Bertz CT molecular complexity index is 1160. The molecule has 8 heteroatoms. The molecule has 3 heterocycles. The van der Waals surface area contributed by atoms with E-state index in [1.165, 1.54) is 0 Å². The molecule has 4 rings (SSSR count). The van der Waals surface area contributed by atoms with E-state index in [0.29, 0.717) is 37.9 Å². The molecule has 0 bridgehead atoms. The van der Waals surface area contributed by atoms with Gasteiger partial charge in [0, 0.05) is 52.1 Å². The van der Waals surface area contributed by atoms with Crippen LogP contribution >= 0.6 is 0 Å². The predicted molar refractivity (Wildman–Crippen MR) is 115 cm³/mol. The van der Waals surface area contributed by atoms with Crippen LogP contribution in [0.25, 0.3) is 27.9 Å². The van der Waals surface area contributed by atoms with Crippen LogP contribution in [-0.2, 0) is 16.5 Å². The van der Waals surface area contributed by atoms with Gasteiger partial charge in [0.05, 0.1) is 29.8 Å². The summed E-state index contributed by atoms with van der Waals surface area (Å²) in [6.07, 6.45) is 3.36. The highest BCUT2D eigenvalue weighted by atomic mass is 16.5. The van der Waals surface area contributed by atoms with Crippen LogP contribution in [0.3, 0.4) is 0 Å². The zero-order valence-corrected chi connectivity index (χ0v) is 17.4. The number of methoxy groups -OCH3 is 2. The van der Waals surface area contributed by atoms with Crippen molar-refractivity contribution in [3.8, 4) is 5.95 Å². The van der Waals surface area contributed by atoms with E-state index in [2.05, 4.69) is 26.7 Å². The maximum atomic E-state index is 13.6. The van der Waals surface area contributed by atoms with Gasteiger partial charge in [0.1, 0.15) is 5.69 Å². The Balaban J connectivity index is 1.93. The molecular formula is C22H25N5O3. The number of aromatic nitrogens is 4. The first-order chi connectivity index (χ1) is 14.7. The molecule has 0 radical (unpaired) electrons. The summed E-state index contributed by atoms with van der Waals surface area (Å²) in [6.45, 7) is 1.83. The summed E-state index contributed by atoms with van der Waals surface area (Å²) in [5, 5.41) is 1.04. The third kappa shape index (κ3) is 3.44. The lowest BCUT2D eigenvalue weighted by atomic mass is 10.2. The summed E-state index contributed by atoms with van der Waals surface area (Å²) in [6, 6.07) is 11.8. The van der Waals surface area contributed by atoms with Gasteiger partial charge in [-0.25, -0.2) is 9.97 Å². The molecule has 0 spiro atoms. The minimum absolute atomic E-state index is 0.114. The van der Waals surface area contributed by atoms with E-state index in [1.807, 2.05) is 29.8 Å². The monoisotopic (exact) mass is 407 g/mol. The number of fused-ring (bicyclic) bond motifs is 3.